The SMILES string of the molecule is CSc1ccc(-c2cc(C(F)(F)F)nn2-c2ccc(S(N)(=O)=O)cc2)cc1F. The summed E-state index contributed by atoms with van der Waals surface area (Å²) >= 11 is 1.17. The number of aromatic nitrogens is 2. The number of thioether (sulfide) groups is 1. The van der Waals surface area contributed by atoms with E-state index in [4.69, 9.17) is 5.14 Å². The fourth-order valence-corrected chi connectivity index (χ4v) is 3.50. The Morgan fingerprint density at radius 3 is 2.21 bits per heavy atom. The quantitative estimate of drug-likeness (QED) is 0.499. The van der Waals surface area contributed by atoms with Crippen LogP contribution in [0, 0.1) is 5.82 Å². The first kappa shape index (κ1) is 20.4. The first-order valence-electron chi connectivity index (χ1n) is 7.65. The molecule has 3 rings (SSSR count). The van der Waals surface area contributed by atoms with Crippen molar-refractivity contribution in [1.29, 1.82) is 0 Å². The van der Waals surface area contributed by atoms with E-state index in [2.05, 4.69) is 5.10 Å². The fourth-order valence-electron chi connectivity index (χ4n) is 2.52. The van der Waals surface area contributed by atoms with Gasteiger partial charge in [-0.2, -0.15) is 18.3 Å². The van der Waals surface area contributed by atoms with Gasteiger partial charge in [-0.05, 0) is 48.7 Å². The molecule has 0 unspecified atom stereocenters. The van der Waals surface area contributed by atoms with Crippen molar-refractivity contribution in [2.75, 3.05) is 6.26 Å². The maximum absolute atomic E-state index is 14.1. The van der Waals surface area contributed by atoms with Crippen LogP contribution in [-0.4, -0.2) is 24.5 Å². The molecule has 0 radical (unpaired) electrons. The second kappa shape index (κ2) is 7.22. The average Bonchev–Trinajstić information content (AvgIpc) is 3.07. The van der Waals surface area contributed by atoms with E-state index in [0.717, 1.165) is 28.9 Å². The molecule has 0 atom stereocenters. The number of nitrogens with two attached hydrogens (primary N) is 1. The lowest BCUT2D eigenvalue weighted by Crippen LogP contribution is -2.12. The van der Waals surface area contributed by atoms with Crippen LogP contribution in [0.3, 0.4) is 0 Å². The topological polar surface area (TPSA) is 78.0 Å². The van der Waals surface area contributed by atoms with E-state index in [0.29, 0.717) is 4.90 Å². The van der Waals surface area contributed by atoms with Crippen molar-refractivity contribution in [1.82, 2.24) is 9.78 Å². The van der Waals surface area contributed by atoms with Crippen LogP contribution in [0.2, 0.25) is 0 Å². The molecule has 0 spiro atoms. The van der Waals surface area contributed by atoms with E-state index in [9.17, 15) is 26.0 Å². The molecule has 0 aliphatic heterocycles. The van der Waals surface area contributed by atoms with Crippen molar-refractivity contribution in [2.24, 2.45) is 5.14 Å². The molecule has 3 aromatic rings. The summed E-state index contributed by atoms with van der Waals surface area (Å²) in [5.74, 6) is -0.573. The standard InChI is InChI=1S/C17H13F4N3O2S2/c1-27-15-7-2-10(8-13(15)18)14-9-16(17(19,20)21)23-24(14)11-3-5-12(6-4-11)28(22,25)26/h2-9H,1H3,(H2,22,25,26). The zero-order chi connectivity index (χ0) is 20.7. The monoisotopic (exact) mass is 431 g/mol. The van der Waals surface area contributed by atoms with E-state index in [-0.39, 0.29) is 21.8 Å². The highest BCUT2D eigenvalue weighted by molar-refractivity contribution is 7.98. The molecule has 1 aromatic heterocycles. The number of nitrogens with zero attached hydrogens (tertiary/aromatic N) is 2. The Hall–Kier alpha value is -2.37. The molecular weight excluding hydrogens is 418 g/mol. The minimum atomic E-state index is -4.71. The van der Waals surface area contributed by atoms with Gasteiger partial charge in [-0.25, -0.2) is 22.6 Å². The highest BCUT2D eigenvalue weighted by atomic mass is 32.2. The molecule has 5 nitrogen and oxygen atoms in total. The van der Waals surface area contributed by atoms with Gasteiger partial charge in [0.15, 0.2) is 5.69 Å². The second-order valence-corrected chi connectivity index (χ2v) is 8.12. The number of primary sulfonamides is 1. The maximum Gasteiger partial charge on any atom is 0.435 e. The highest BCUT2D eigenvalue weighted by Crippen LogP contribution is 2.34. The van der Waals surface area contributed by atoms with Gasteiger partial charge in [0.05, 0.1) is 16.3 Å². The summed E-state index contributed by atoms with van der Waals surface area (Å²) in [4.78, 5) is 0.153. The van der Waals surface area contributed by atoms with Gasteiger partial charge in [-0.15, -0.1) is 11.8 Å². The number of sulfonamides is 1. The predicted octanol–water partition coefficient (Wildman–Crippen LogP) is 4.07. The lowest BCUT2D eigenvalue weighted by Gasteiger charge is -2.09. The van der Waals surface area contributed by atoms with Crippen molar-refractivity contribution in [2.45, 2.75) is 16.0 Å². The second-order valence-electron chi connectivity index (χ2n) is 5.71. The molecule has 0 amide bonds. The molecule has 0 fully saturated rings. The zero-order valence-corrected chi connectivity index (χ0v) is 15.9. The molecule has 11 heteroatoms. The Kier molecular flexibility index (Phi) is 5.26. The molecule has 1 heterocycles. The molecule has 2 aromatic carbocycles. The van der Waals surface area contributed by atoms with Crippen LogP contribution in [-0.2, 0) is 16.2 Å². The summed E-state index contributed by atoms with van der Waals surface area (Å²) in [7, 11) is -3.96. The Bertz CT molecular complexity index is 1120. The van der Waals surface area contributed by atoms with Crippen LogP contribution in [0.15, 0.2) is 58.3 Å². The van der Waals surface area contributed by atoms with Crippen LogP contribution >= 0.6 is 11.8 Å². The van der Waals surface area contributed by atoms with E-state index in [1.54, 1.807) is 6.26 Å². The molecule has 0 aliphatic carbocycles. The van der Waals surface area contributed by atoms with Crippen LogP contribution < -0.4 is 5.14 Å². The van der Waals surface area contributed by atoms with Gasteiger partial charge in [0.1, 0.15) is 5.82 Å². The van der Waals surface area contributed by atoms with Gasteiger partial charge >= 0.3 is 6.18 Å². The summed E-state index contributed by atoms with van der Waals surface area (Å²) in [6.07, 6.45) is -3.03. The number of hydrogen-bond acceptors (Lipinski definition) is 4. The third kappa shape index (κ3) is 4.05. The number of hydrogen-bond donors (Lipinski definition) is 1. The minimum Gasteiger partial charge on any atom is -0.233 e. The van der Waals surface area contributed by atoms with Crippen molar-refractivity contribution in [3.63, 3.8) is 0 Å². The lowest BCUT2D eigenvalue weighted by molar-refractivity contribution is -0.141. The Morgan fingerprint density at radius 2 is 1.71 bits per heavy atom. The van der Waals surface area contributed by atoms with Gasteiger partial charge in [0.25, 0.3) is 0 Å². The zero-order valence-electron chi connectivity index (χ0n) is 14.2. The molecule has 0 bridgehead atoms. The summed E-state index contributed by atoms with van der Waals surface area (Å²) in [6.45, 7) is 0. The van der Waals surface area contributed by atoms with Gasteiger partial charge in [-0.3, -0.25) is 0 Å². The third-order valence-corrected chi connectivity index (χ3v) is 5.56. The molecule has 28 heavy (non-hydrogen) atoms. The summed E-state index contributed by atoms with van der Waals surface area (Å²) in [6, 6.07) is 9.72. The van der Waals surface area contributed by atoms with Crippen molar-refractivity contribution in [3.8, 4) is 16.9 Å². The van der Waals surface area contributed by atoms with E-state index in [1.807, 2.05) is 0 Å². The summed E-state index contributed by atoms with van der Waals surface area (Å²) < 4.78 is 77.4. The largest absolute Gasteiger partial charge is 0.435 e. The lowest BCUT2D eigenvalue weighted by atomic mass is 10.1. The fraction of sp³-hybridized carbons (Fsp3) is 0.118. The van der Waals surface area contributed by atoms with Crippen LogP contribution in [0.25, 0.3) is 16.9 Å². The molecule has 0 saturated heterocycles. The predicted molar refractivity (Wildman–Crippen MR) is 97.1 cm³/mol. The van der Waals surface area contributed by atoms with Crippen LogP contribution in [0.4, 0.5) is 17.6 Å². The Balaban J connectivity index is 2.18. The van der Waals surface area contributed by atoms with Crippen molar-refractivity contribution in [3.05, 3.63) is 60.0 Å². The molecule has 0 aliphatic rings. The molecule has 148 valence electrons. The number of rotatable bonds is 4. The molecule has 2 N–H and O–H groups in total. The average molecular weight is 431 g/mol. The minimum absolute atomic E-state index is 0.00207. The summed E-state index contributed by atoms with van der Waals surface area (Å²) in [5, 5.41) is 8.60. The first-order valence-corrected chi connectivity index (χ1v) is 10.4. The van der Waals surface area contributed by atoms with E-state index < -0.39 is 27.7 Å². The Labute approximate surface area is 162 Å². The van der Waals surface area contributed by atoms with Crippen molar-refractivity contribution >= 4 is 21.8 Å². The number of alkyl halides is 3. The normalized spacial score (nSPS) is 12.4. The molecular formula is C17H13F4N3O2S2. The molecule has 0 saturated carbocycles. The Morgan fingerprint density at radius 1 is 1.07 bits per heavy atom. The van der Waals surface area contributed by atoms with E-state index in [1.165, 1.54) is 36.0 Å². The third-order valence-electron chi connectivity index (χ3n) is 3.86. The summed E-state index contributed by atoms with van der Waals surface area (Å²) in [5.41, 5.74) is -0.810. The first-order chi connectivity index (χ1) is 13.0. The number of halogens is 4. The van der Waals surface area contributed by atoms with Gasteiger partial charge in [0, 0.05) is 10.5 Å². The van der Waals surface area contributed by atoms with Crippen LogP contribution in [0.1, 0.15) is 5.69 Å². The van der Waals surface area contributed by atoms with Gasteiger partial charge in [0.2, 0.25) is 10.0 Å². The maximum atomic E-state index is 14.1. The van der Waals surface area contributed by atoms with Gasteiger partial charge in [-0.1, -0.05) is 6.07 Å². The van der Waals surface area contributed by atoms with Gasteiger partial charge < -0.3 is 0 Å². The highest BCUT2D eigenvalue weighted by Gasteiger charge is 2.35. The van der Waals surface area contributed by atoms with Crippen LogP contribution in [0.5, 0.6) is 0 Å². The van der Waals surface area contributed by atoms with E-state index >= 15 is 0 Å². The van der Waals surface area contributed by atoms with Crippen molar-refractivity contribution < 1.29 is 26.0 Å². The number of benzene rings is 2. The smallest absolute Gasteiger partial charge is 0.233 e.